The Morgan fingerprint density at radius 3 is 1.08 bits per heavy atom. The molecule has 0 bridgehead atoms. The summed E-state index contributed by atoms with van der Waals surface area (Å²) in [6.45, 7) is 4.96. The van der Waals surface area contributed by atoms with Crippen LogP contribution >= 0.6 is 0 Å². The lowest BCUT2D eigenvalue weighted by Crippen LogP contribution is -2.45. The lowest BCUT2D eigenvalue weighted by Gasteiger charge is -2.22. The first kappa shape index (κ1) is 64.6. The lowest BCUT2D eigenvalue weighted by molar-refractivity contribution is -0.143. The third kappa shape index (κ3) is 52.0. The minimum absolute atomic E-state index is 0.0102. The number of allylic oxidation sites excluding steroid dienone is 2. The quantitative estimate of drug-likeness (QED) is 0.0321. The Kier molecular flexibility index (Phi) is 55.0. The van der Waals surface area contributed by atoms with Crippen LogP contribution in [0.25, 0.3) is 0 Å². The fourth-order valence-electron chi connectivity index (χ4n) is 9.46. The topological polar surface area (TPSA) is 95.9 Å². The lowest BCUT2D eigenvalue weighted by atomic mass is 10.0. The van der Waals surface area contributed by atoms with Crippen LogP contribution < -0.4 is 5.32 Å². The van der Waals surface area contributed by atoms with Gasteiger partial charge in [-0.1, -0.05) is 283 Å². The molecule has 3 N–H and O–H groups in total. The van der Waals surface area contributed by atoms with Gasteiger partial charge in [0.1, 0.15) is 0 Å². The number of aliphatic hydroxyl groups is 2. The maximum absolute atomic E-state index is 12.5. The van der Waals surface area contributed by atoms with E-state index in [1.54, 1.807) is 0 Å². The summed E-state index contributed by atoms with van der Waals surface area (Å²) in [5.41, 5.74) is 0. The Morgan fingerprint density at radius 2 is 0.712 bits per heavy atom. The molecular weight excluding hydrogens is 815 g/mol. The molecule has 0 saturated heterocycles. The zero-order valence-corrected chi connectivity index (χ0v) is 44.7. The fraction of sp³-hybridized carbons (Fsp3) is 0.933. The summed E-state index contributed by atoms with van der Waals surface area (Å²) in [5.74, 6) is -0.0320. The molecule has 1 amide bonds. The van der Waals surface area contributed by atoms with Gasteiger partial charge in [-0.05, 0) is 51.4 Å². The summed E-state index contributed by atoms with van der Waals surface area (Å²) in [4.78, 5) is 24.5. The number of hydrogen-bond donors (Lipinski definition) is 3. The fourth-order valence-corrected chi connectivity index (χ4v) is 9.46. The Morgan fingerprint density at radius 1 is 0.409 bits per heavy atom. The third-order valence-corrected chi connectivity index (χ3v) is 14.1. The van der Waals surface area contributed by atoms with Gasteiger partial charge in [0.2, 0.25) is 5.91 Å². The van der Waals surface area contributed by atoms with E-state index in [0.717, 1.165) is 38.5 Å². The first-order valence-corrected chi connectivity index (χ1v) is 29.9. The molecule has 0 radical (unpaired) electrons. The Hall–Kier alpha value is -1.40. The first-order chi connectivity index (χ1) is 32.5. The molecule has 6 nitrogen and oxygen atoms in total. The first-order valence-electron chi connectivity index (χ1n) is 29.9. The molecule has 392 valence electrons. The summed E-state index contributed by atoms with van der Waals surface area (Å²) >= 11 is 0. The summed E-state index contributed by atoms with van der Waals surface area (Å²) in [6, 6.07) is -0.546. The molecule has 0 aromatic heterocycles. The van der Waals surface area contributed by atoms with Crippen LogP contribution in [0.1, 0.15) is 335 Å². The molecule has 0 aliphatic rings. The molecule has 0 aliphatic carbocycles. The smallest absolute Gasteiger partial charge is 0.305 e. The summed E-state index contributed by atoms with van der Waals surface area (Å²) in [5, 5.41) is 23.2. The van der Waals surface area contributed by atoms with Gasteiger partial charge in [0, 0.05) is 12.8 Å². The van der Waals surface area contributed by atoms with Crippen molar-refractivity contribution in [3.63, 3.8) is 0 Å². The number of hydrogen-bond acceptors (Lipinski definition) is 5. The minimum atomic E-state index is -0.668. The summed E-state index contributed by atoms with van der Waals surface area (Å²) in [7, 11) is 0. The second-order valence-electron chi connectivity index (χ2n) is 20.7. The second-order valence-corrected chi connectivity index (χ2v) is 20.7. The Labute approximate surface area is 412 Å². The molecule has 2 atom stereocenters. The highest BCUT2D eigenvalue weighted by Gasteiger charge is 2.20. The molecule has 0 aromatic rings. The predicted octanol–water partition coefficient (Wildman–Crippen LogP) is 18.5. The van der Waals surface area contributed by atoms with Crippen LogP contribution in [0.2, 0.25) is 0 Å². The van der Waals surface area contributed by atoms with Crippen molar-refractivity contribution >= 4 is 11.9 Å². The number of aliphatic hydroxyl groups excluding tert-OH is 2. The summed E-state index contributed by atoms with van der Waals surface area (Å²) < 4.78 is 5.49. The number of rotatable bonds is 56. The largest absolute Gasteiger partial charge is 0.466 e. The van der Waals surface area contributed by atoms with Crippen molar-refractivity contribution in [2.75, 3.05) is 13.2 Å². The van der Waals surface area contributed by atoms with Gasteiger partial charge in [-0.25, -0.2) is 0 Å². The van der Waals surface area contributed by atoms with Crippen LogP contribution in [0.15, 0.2) is 12.2 Å². The van der Waals surface area contributed by atoms with E-state index >= 15 is 0 Å². The van der Waals surface area contributed by atoms with E-state index in [1.165, 1.54) is 263 Å². The van der Waals surface area contributed by atoms with E-state index in [4.69, 9.17) is 4.74 Å². The van der Waals surface area contributed by atoms with Gasteiger partial charge in [0.05, 0.1) is 25.4 Å². The number of esters is 1. The standard InChI is InChI=1S/C60H117NO5/c1-3-5-7-9-11-13-15-17-18-26-30-34-38-42-46-50-54-60(65)66-55-51-47-43-39-35-31-27-24-22-20-19-21-23-25-29-33-37-41-45-49-53-59(64)61-57(56-62)58(63)52-48-44-40-36-32-28-16-14-12-10-8-6-4-2/h19,21,57-58,62-63H,3-18,20,22-56H2,1-2H3,(H,61,64)/b21-19-. The molecule has 0 saturated carbocycles. The van der Waals surface area contributed by atoms with E-state index < -0.39 is 12.1 Å². The van der Waals surface area contributed by atoms with Crippen molar-refractivity contribution in [2.24, 2.45) is 0 Å². The Balaban J connectivity index is 3.40. The van der Waals surface area contributed by atoms with E-state index in [0.29, 0.717) is 25.9 Å². The molecule has 0 aromatic carbocycles. The maximum atomic E-state index is 12.5. The van der Waals surface area contributed by atoms with Gasteiger partial charge in [0.15, 0.2) is 0 Å². The molecule has 66 heavy (non-hydrogen) atoms. The molecule has 2 unspecified atom stereocenters. The highest BCUT2D eigenvalue weighted by molar-refractivity contribution is 5.76. The predicted molar refractivity (Wildman–Crippen MR) is 287 cm³/mol. The summed E-state index contributed by atoms with van der Waals surface area (Å²) in [6.07, 6.45) is 66.4. The monoisotopic (exact) mass is 932 g/mol. The average molecular weight is 933 g/mol. The molecule has 0 rings (SSSR count). The molecular formula is C60H117NO5. The Bertz CT molecular complexity index is 986. The van der Waals surface area contributed by atoms with Crippen LogP contribution in [-0.4, -0.2) is 47.4 Å². The van der Waals surface area contributed by atoms with Gasteiger partial charge in [0.25, 0.3) is 0 Å². The second kappa shape index (κ2) is 56.2. The maximum Gasteiger partial charge on any atom is 0.305 e. The normalized spacial score (nSPS) is 12.6. The van der Waals surface area contributed by atoms with Crippen LogP contribution in [0.4, 0.5) is 0 Å². The van der Waals surface area contributed by atoms with E-state index in [-0.39, 0.29) is 18.5 Å². The van der Waals surface area contributed by atoms with Gasteiger partial charge in [-0.3, -0.25) is 9.59 Å². The number of amides is 1. The van der Waals surface area contributed by atoms with Crippen molar-refractivity contribution in [2.45, 2.75) is 347 Å². The zero-order valence-electron chi connectivity index (χ0n) is 44.7. The van der Waals surface area contributed by atoms with Gasteiger partial charge in [-0.15, -0.1) is 0 Å². The van der Waals surface area contributed by atoms with Crippen LogP contribution in [-0.2, 0) is 14.3 Å². The molecule has 6 heteroatoms. The van der Waals surface area contributed by atoms with Crippen LogP contribution in [0, 0.1) is 0 Å². The zero-order chi connectivity index (χ0) is 47.9. The molecule has 0 spiro atoms. The van der Waals surface area contributed by atoms with Crippen molar-refractivity contribution in [1.29, 1.82) is 0 Å². The van der Waals surface area contributed by atoms with E-state index in [1.807, 2.05) is 0 Å². The van der Waals surface area contributed by atoms with Gasteiger partial charge >= 0.3 is 5.97 Å². The highest BCUT2D eigenvalue weighted by Crippen LogP contribution is 2.17. The van der Waals surface area contributed by atoms with E-state index in [9.17, 15) is 19.8 Å². The highest BCUT2D eigenvalue weighted by atomic mass is 16.5. The number of carbonyl (C=O) groups excluding carboxylic acids is 2. The van der Waals surface area contributed by atoms with Crippen molar-refractivity contribution in [3.8, 4) is 0 Å². The van der Waals surface area contributed by atoms with Gasteiger partial charge in [-0.2, -0.15) is 0 Å². The number of nitrogens with one attached hydrogen (secondary N) is 1. The molecule has 0 fully saturated rings. The SMILES string of the molecule is CCCCCCCCCCCCCCCCCCC(=O)OCCCCCCCCCCC/C=C\CCCCCCCCCC(=O)NC(CO)C(O)CCCCCCCCCCCCCCC. The van der Waals surface area contributed by atoms with Crippen LogP contribution in [0.5, 0.6) is 0 Å². The van der Waals surface area contributed by atoms with Crippen molar-refractivity contribution < 1.29 is 24.5 Å². The van der Waals surface area contributed by atoms with Crippen molar-refractivity contribution in [3.05, 3.63) is 12.2 Å². The molecule has 0 aliphatic heterocycles. The number of unbranched alkanes of at least 4 members (excludes halogenated alkanes) is 43. The van der Waals surface area contributed by atoms with Gasteiger partial charge < -0.3 is 20.3 Å². The van der Waals surface area contributed by atoms with E-state index in [2.05, 4.69) is 31.3 Å². The average Bonchev–Trinajstić information content (AvgIpc) is 3.32. The van der Waals surface area contributed by atoms with Crippen molar-refractivity contribution in [1.82, 2.24) is 5.32 Å². The third-order valence-electron chi connectivity index (χ3n) is 14.1. The minimum Gasteiger partial charge on any atom is -0.466 e. The number of ether oxygens (including phenoxy) is 1. The molecule has 0 heterocycles. The number of carbonyl (C=O) groups is 2. The van der Waals surface area contributed by atoms with Crippen LogP contribution in [0.3, 0.4) is 0 Å².